The molecule has 1 aromatic heterocycles. The first-order valence-corrected chi connectivity index (χ1v) is 10.4. The Labute approximate surface area is 186 Å². The van der Waals surface area contributed by atoms with Crippen molar-refractivity contribution >= 4 is 5.91 Å². The third kappa shape index (κ3) is 4.52. The van der Waals surface area contributed by atoms with E-state index in [1.165, 1.54) is 12.1 Å². The van der Waals surface area contributed by atoms with E-state index in [9.17, 15) is 9.18 Å². The van der Waals surface area contributed by atoms with Crippen LogP contribution in [0.15, 0.2) is 96.5 Å². The van der Waals surface area contributed by atoms with Gasteiger partial charge in [0.1, 0.15) is 5.82 Å². The third-order valence-electron chi connectivity index (χ3n) is 5.25. The fourth-order valence-corrected chi connectivity index (χ4v) is 3.69. The summed E-state index contributed by atoms with van der Waals surface area (Å²) in [6.07, 6.45) is 2.38. The van der Waals surface area contributed by atoms with Crippen LogP contribution in [0.4, 0.5) is 4.39 Å². The van der Waals surface area contributed by atoms with E-state index in [0.29, 0.717) is 18.6 Å². The molecule has 1 heterocycles. The van der Waals surface area contributed by atoms with E-state index in [-0.39, 0.29) is 5.56 Å². The number of rotatable bonds is 6. The predicted octanol–water partition coefficient (Wildman–Crippen LogP) is 5.45. The van der Waals surface area contributed by atoms with Gasteiger partial charge in [-0.05, 0) is 24.6 Å². The number of nitrogens with zero attached hydrogens (tertiary/aromatic N) is 2. The van der Waals surface area contributed by atoms with Gasteiger partial charge < -0.3 is 9.55 Å². The van der Waals surface area contributed by atoms with Gasteiger partial charge in [0, 0.05) is 24.2 Å². The average Bonchev–Trinajstić information content (AvgIpc) is 3.12. The first-order chi connectivity index (χ1) is 15.6. The minimum atomic E-state index is -0.635. The highest BCUT2D eigenvalue weighted by Crippen LogP contribution is 2.24. The number of imidazole rings is 1. The van der Waals surface area contributed by atoms with Gasteiger partial charge in [0.05, 0.1) is 11.3 Å². The molecular weight excluding hydrogens is 401 g/mol. The number of H-pyrrole nitrogens is 1. The molecule has 0 unspecified atom stereocenters. The number of benzene rings is 3. The minimum absolute atomic E-state index is 0.0613. The van der Waals surface area contributed by atoms with Gasteiger partial charge in [0.2, 0.25) is 5.62 Å². The molecule has 0 fully saturated rings. The summed E-state index contributed by atoms with van der Waals surface area (Å²) in [6.45, 7) is 6.35. The van der Waals surface area contributed by atoms with Crippen molar-refractivity contribution in [1.29, 1.82) is 0 Å². The normalized spacial score (nSPS) is 11.5. The molecule has 0 aliphatic carbocycles. The molecule has 4 rings (SSSR count). The zero-order chi connectivity index (χ0) is 22.5. The minimum Gasteiger partial charge on any atom is -0.327 e. The van der Waals surface area contributed by atoms with E-state index in [0.717, 1.165) is 28.1 Å². The number of aromatic nitrogens is 2. The molecule has 32 heavy (non-hydrogen) atoms. The van der Waals surface area contributed by atoms with Crippen LogP contribution in [0.25, 0.3) is 11.3 Å². The molecule has 1 amide bonds. The van der Waals surface area contributed by atoms with Crippen molar-refractivity contribution in [3.63, 3.8) is 0 Å². The van der Waals surface area contributed by atoms with E-state index in [1.807, 2.05) is 41.8 Å². The van der Waals surface area contributed by atoms with Crippen LogP contribution in [-0.2, 0) is 13.0 Å². The number of aromatic amines is 1. The molecule has 0 saturated heterocycles. The Morgan fingerprint density at radius 3 is 2.41 bits per heavy atom. The van der Waals surface area contributed by atoms with Gasteiger partial charge in [0.15, 0.2) is 0 Å². The largest absolute Gasteiger partial charge is 0.327 e. The zero-order valence-corrected chi connectivity index (χ0v) is 17.9. The first-order valence-electron chi connectivity index (χ1n) is 10.4. The second kappa shape index (κ2) is 9.43. The van der Waals surface area contributed by atoms with E-state index in [1.54, 1.807) is 18.2 Å². The Bertz CT molecular complexity index is 1320. The number of hydrogen-bond acceptors (Lipinski definition) is 1. The van der Waals surface area contributed by atoms with Gasteiger partial charge in [-0.3, -0.25) is 4.79 Å². The number of halogens is 1. The lowest BCUT2D eigenvalue weighted by Gasteiger charge is -2.10. The van der Waals surface area contributed by atoms with E-state index >= 15 is 0 Å². The molecule has 0 aliphatic heterocycles. The zero-order valence-electron chi connectivity index (χ0n) is 17.9. The second-order valence-corrected chi connectivity index (χ2v) is 7.60. The van der Waals surface area contributed by atoms with Gasteiger partial charge >= 0.3 is 0 Å². The smallest absolute Gasteiger partial charge is 0.283 e. The summed E-state index contributed by atoms with van der Waals surface area (Å²) in [6, 6.07) is 24.1. The molecule has 4 aromatic rings. The van der Waals surface area contributed by atoms with Crippen molar-refractivity contribution < 1.29 is 9.18 Å². The highest BCUT2D eigenvalue weighted by Gasteiger charge is 2.17. The summed E-state index contributed by atoms with van der Waals surface area (Å²) >= 11 is 0. The van der Waals surface area contributed by atoms with E-state index in [2.05, 4.69) is 40.8 Å². The van der Waals surface area contributed by atoms with Gasteiger partial charge in [0.25, 0.3) is 5.91 Å². The van der Waals surface area contributed by atoms with Crippen molar-refractivity contribution in [2.24, 2.45) is 4.99 Å². The van der Waals surface area contributed by atoms with Crippen LogP contribution in [0.5, 0.6) is 0 Å². The number of carbonyl (C=O) groups is 1. The maximum Gasteiger partial charge on any atom is 0.283 e. The van der Waals surface area contributed by atoms with E-state index < -0.39 is 11.7 Å². The molecule has 160 valence electrons. The quantitative estimate of drug-likeness (QED) is 0.411. The van der Waals surface area contributed by atoms with E-state index in [4.69, 9.17) is 0 Å². The number of amides is 1. The second-order valence-electron chi connectivity index (χ2n) is 7.60. The summed E-state index contributed by atoms with van der Waals surface area (Å²) in [5.74, 6) is -1.23. The van der Waals surface area contributed by atoms with Crippen molar-refractivity contribution in [2.45, 2.75) is 19.9 Å². The van der Waals surface area contributed by atoms with Gasteiger partial charge in [-0.15, -0.1) is 6.58 Å². The lowest BCUT2D eigenvalue weighted by Crippen LogP contribution is -2.21. The third-order valence-corrected chi connectivity index (χ3v) is 5.25. The lowest BCUT2D eigenvalue weighted by atomic mass is 10.0. The maximum absolute atomic E-state index is 14.2. The molecule has 0 radical (unpaired) electrons. The molecule has 5 heteroatoms. The molecule has 0 bridgehead atoms. The molecule has 0 spiro atoms. The topological polar surface area (TPSA) is 50.1 Å². The van der Waals surface area contributed by atoms with Crippen LogP contribution in [0.2, 0.25) is 0 Å². The van der Waals surface area contributed by atoms with Gasteiger partial charge in [-0.1, -0.05) is 78.4 Å². The first kappa shape index (κ1) is 21.2. The SMILES string of the molecule is C=CCn1c(-c2ccc(C)cc2)c(Cc2ccccc2)[nH]/c1=N\C(=O)c1ccccc1F. The number of allylic oxidation sites excluding steroid dienone is 1. The fraction of sp³-hybridized carbons (Fsp3) is 0.111. The average molecular weight is 426 g/mol. The number of aryl methyl sites for hydroxylation is 1. The molecular formula is C27H24FN3O. The highest BCUT2D eigenvalue weighted by molar-refractivity contribution is 5.95. The maximum atomic E-state index is 14.2. The van der Waals surface area contributed by atoms with Crippen LogP contribution in [0.1, 0.15) is 27.2 Å². The monoisotopic (exact) mass is 425 g/mol. The molecule has 0 aliphatic rings. The molecule has 3 aromatic carbocycles. The number of nitrogens with one attached hydrogen (secondary N) is 1. The summed E-state index contributed by atoms with van der Waals surface area (Å²) in [5.41, 5.74) is 5.42. The van der Waals surface area contributed by atoms with Gasteiger partial charge in [-0.2, -0.15) is 4.99 Å². The Balaban J connectivity index is 1.91. The molecule has 0 atom stereocenters. The van der Waals surface area contributed by atoms with Crippen LogP contribution in [0, 0.1) is 12.7 Å². The lowest BCUT2D eigenvalue weighted by molar-refractivity contribution is 0.0993. The number of carbonyl (C=O) groups excluding carboxylic acids is 1. The Morgan fingerprint density at radius 2 is 1.72 bits per heavy atom. The molecule has 4 nitrogen and oxygen atoms in total. The fourth-order valence-electron chi connectivity index (χ4n) is 3.69. The predicted molar refractivity (Wildman–Crippen MR) is 125 cm³/mol. The van der Waals surface area contributed by atoms with Crippen molar-refractivity contribution in [3.8, 4) is 11.3 Å². The summed E-state index contributed by atoms with van der Waals surface area (Å²) < 4.78 is 16.1. The summed E-state index contributed by atoms with van der Waals surface area (Å²) in [5, 5.41) is 0. The van der Waals surface area contributed by atoms with Crippen LogP contribution in [-0.4, -0.2) is 15.5 Å². The molecule has 1 N–H and O–H groups in total. The molecule has 0 saturated carbocycles. The van der Waals surface area contributed by atoms with Crippen molar-refractivity contribution in [3.05, 3.63) is 125 Å². The van der Waals surface area contributed by atoms with Gasteiger partial charge in [-0.25, -0.2) is 4.39 Å². The Kier molecular flexibility index (Phi) is 6.26. The summed E-state index contributed by atoms with van der Waals surface area (Å²) in [7, 11) is 0. The summed E-state index contributed by atoms with van der Waals surface area (Å²) in [4.78, 5) is 20.4. The van der Waals surface area contributed by atoms with Crippen LogP contribution >= 0.6 is 0 Å². The number of hydrogen-bond donors (Lipinski definition) is 1. The van der Waals surface area contributed by atoms with Crippen molar-refractivity contribution in [2.75, 3.05) is 0 Å². The standard InChI is InChI=1S/C27H24FN3O/c1-3-17-31-25(21-15-13-19(2)14-16-21)24(18-20-9-5-4-6-10-20)29-27(31)30-26(32)22-11-7-8-12-23(22)28/h3-16H,1,17-18H2,2H3,(H,29,30,32). The Morgan fingerprint density at radius 1 is 1.03 bits per heavy atom. The van der Waals surface area contributed by atoms with Crippen molar-refractivity contribution in [1.82, 2.24) is 9.55 Å². The Hall–Kier alpha value is -3.99. The van der Waals surface area contributed by atoms with Crippen LogP contribution in [0.3, 0.4) is 0 Å². The van der Waals surface area contributed by atoms with Crippen LogP contribution < -0.4 is 5.62 Å². The highest BCUT2D eigenvalue weighted by atomic mass is 19.1.